The molecule has 4 rings (SSSR count). The molecule has 1 amide bonds. The van der Waals surface area contributed by atoms with Gasteiger partial charge in [-0.2, -0.15) is 11.8 Å². The number of benzene rings is 1. The number of fused-ring (bicyclic) bond motifs is 1. The number of thioether (sulfide) groups is 1. The number of aromatic nitrogens is 2. The molecule has 0 spiro atoms. The molecule has 0 bridgehead atoms. The number of furan rings is 1. The largest absolute Gasteiger partial charge is 0.468 e. The zero-order valence-corrected chi connectivity index (χ0v) is 15.9. The fourth-order valence-corrected chi connectivity index (χ4v) is 3.80. The van der Waals surface area contributed by atoms with Gasteiger partial charge in [0.2, 0.25) is 5.91 Å². The molecule has 3 unspecified atom stereocenters. The topological polar surface area (TPSA) is 95.0 Å². The molecule has 1 aliphatic heterocycles. The first kappa shape index (κ1) is 18.1. The summed E-state index contributed by atoms with van der Waals surface area (Å²) in [5, 5.41) is 3.16. The second-order valence-electron chi connectivity index (χ2n) is 6.63. The first-order valence-corrected chi connectivity index (χ1v) is 10.4. The Morgan fingerprint density at radius 2 is 2.22 bits per heavy atom. The Kier molecular flexibility index (Phi) is 5.47. The number of aromatic amines is 1. The molecule has 27 heavy (non-hydrogen) atoms. The molecule has 8 heteroatoms. The number of hydrogen-bond acceptors (Lipinski definition) is 6. The highest BCUT2D eigenvalue weighted by molar-refractivity contribution is 7.98. The summed E-state index contributed by atoms with van der Waals surface area (Å²) in [7, 11) is 0. The second-order valence-corrected chi connectivity index (χ2v) is 7.61. The number of hydrazine groups is 1. The summed E-state index contributed by atoms with van der Waals surface area (Å²) in [6.07, 6.45) is 5.15. The van der Waals surface area contributed by atoms with Crippen LogP contribution in [0.5, 0.6) is 0 Å². The number of para-hydroxylation sites is 2. The normalized spacial score (nSPS) is 20.8. The summed E-state index contributed by atoms with van der Waals surface area (Å²) >= 11 is 1.76. The minimum atomic E-state index is -0.318. The number of nitrogens with one attached hydrogen (secondary N) is 4. The van der Waals surface area contributed by atoms with Crippen molar-refractivity contribution in [3.05, 3.63) is 54.2 Å². The maximum atomic E-state index is 12.8. The van der Waals surface area contributed by atoms with Gasteiger partial charge in [-0.1, -0.05) is 12.1 Å². The van der Waals surface area contributed by atoms with Crippen LogP contribution in [-0.4, -0.2) is 33.9 Å². The molecule has 0 radical (unpaired) electrons. The molecule has 0 saturated carbocycles. The molecule has 142 valence electrons. The van der Waals surface area contributed by atoms with Crippen molar-refractivity contribution in [2.24, 2.45) is 0 Å². The Bertz CT molecular complexity index is 862. The van der Waals surface area contributed by atoms with Crippen LogP contribution in [0.1, 0.15) is 36.5 Å². The van der Waals surface area contributed by atoms with Gasteiger partial charge in [0.1, 0.15) is 17.6 Å². The number of amides is 1. The SMILES string of the molecule is CSCCC(NC(=O)C1CC(c2ccco2)NN1)c1nc2ccccc2[nH]1. The van der Waals surface area contributed by atoms with E-state index in [1.54, 1.807) is 18.0 Å². The van der Waals surface area contributed by atoms with Crippen molar-refractivity contribution in [2.75, 3.05) is 12.0 Å². The third kappa shape index (κ3) is 4.02. The molecule has 3 heterocycles. The lowest BCUT2D eigenvalue weighted by molar-refractivity contribution is -0.123. The van der Waals surface area contributed by atoms with E-state index in [-0.39, 0.29) is 24.0 Å². The van der Waals surface area contributed by atoms with E-state index in [2.05, 4.69) is 32.4 Å². The number of hydrogen-bond donors (Lipinski definition) is 4. The average Bonchev–Trinajstić information content (AvgIpc) is 3.43. The third-order valence-corrected chi connectivity index (χ3v) is 5.42. The van der Waals surface area contributed by atoms with Gasteiger partial charge in [-0.15, -0.1) is 0 Å². The van der Waals surface area contributed by atoms with Gasteiger partial charge in [0.25, 0.3) is 0 Å². The third-order valence-electron chi connectivity index (χ3n) is 4.77. The number of rotatable bonds is 7. The van der Waals surface area contributed by atoms with Crippen molar-refractivity contribution < 1.29 is 9.21 Å². The quantitative estimate of drug-likeness (QED) is 0.500. The molecule has 0 aliphatic carbocycles. The average molecular weight is 385 g/mol. The molecule has 1 aliphatic rings. The number of imidazole rings is 1. The van der Waals surface area contributed by atoms with Crippen LogP contribution in [0.2, 0.25) is 0 Å². The van der Waals surface area contributed by atoms with Gasteiger partial charge in [-0.3, -0.25) is 4.79 Å². The standard InChI is InChI=1S/C19H23N5O2S/c1-27-10-8-14(18-20-12-5-2-3-6-13(12)21-18)22-19(25)16-11-15(23-24-16)17-7-4-9-26-17/h2-7,9,14-16,23-24H,8,10-11H2,1H3,(H,20,21)(H,22,25). The minimum absolute atomic E-state index is 0.00778. The highest BCUT2D eigenvalue weighted by Gasteiger charge is 2.33. The summed E-state index contributed by atoms with van der Waals surface area (Å²) in [6, 6.07) is 11.2. The summed E-state index contributed by atoms with van der Waals surface area (Å²) in [5.74, 6) is 2.53. The van der Waals surface area contributed by atoms with Gasteiger partial charge in [-0.05, 0) is 49.1 Å². The van der Waals surface area contributed by atoms with E-state index in [0.717, 1.165) is 34.8 Å². The lowest BCUT2D eigenvalue weighted by Crippen LogP contribution is -2.44. The van der Waals surface area contributed by atoms with Crippen molar-refractivity contribution in [2.45, 2.75) is 31.0 Å². The lowest BCUT2D eigenvalue weighted by atomic mass is 10.1. The van der Waals surface area contributed by atoms with E-state index >= 15 is 0 Å². The first-order valence-electron chi connectivity index (χ1n) is 9.03. The molecular formula is C19H23N5O2S. The van der Waals surface area contributed by atoms with Crippen molar-refractivity contribution >= 4 is 28.7 Å². The van der Waals surface area contributed by atoms with Gasteiger partial charge in [0.05, 0.1) is 29.4 Å². The zero-order valence-electron chi connectivity index (χ0n) is 15.1. The number of carbonyl (C=O) groups is 1. The fraction of sp³-hybridized carbons (Fsp3) is 0.368. The molecule has 1 fully saturated rings. The van der Waals surface area contributed by atoms with Gasteiger partial charge in [0, 0.05) is 0 Å². The molecule has 4 N–H and O–H groups in total. The van der Waals surface area contributed by atoms with Crippen LogP contribution in [0.4, 0.5) is 0 Å². The minimum Gasteiger partial charge on any atom is -0.468 e. The van der Waals surface area contributed by atoms with Crippen molar-refractivity contribution in [3.8, 4) is 0 Å². The maximum absolute atomic E-state index is 12.8. The predicted octanol–water partition coefficient (Wildman–Crippen LogP) is 2.67. The van der Waals surface area contributed by atoms with Gasteiger partial charge in [-0.25, -0.2) is 15.8 Å². The summed E-state index contributed by atoms with van der Waals surface area (Å²) in [5.41, 5.74) is 8.10. The molecule has 3 aromatic rings. The van der Waals surface area contributed by atoms with Crippen molar-refractivity contribution in [3.63, 3.8) is 0 Å². The van der Waals surface area contributed by atoms with Crippen LogP contribution >= 0.6 is 11.8 Å². The molecular weight excluding hydrogens is 362 g/mol. The second kappa shape index (κ2) is 8.16. The molecule has 1 saturated heterocycles. The van der Waals surface area contributed by atoms with Crippen LogP contribution in [0.25, 0.3) is 11.0 Å². The number of carbonyl (C=O) groups excluding carboxylic acids is 1. The summed E-state index contributed by atoms with van der Waals surface area (Å²) in [4.78, 5) is 20.8. The highest BCUT2D eigenvalue weighted by atomic mass is 32.2. The molecule has 1 aromatic carbocycles. The molecule has 3 atom stereocenters. The van der Waals surface area contributed by atoms with Crippen molar-refractivity contribution in [1.82, 2.24) is 26.1 Å². The van der Waals surface area contributed by atoms with Crippen LogP contribution in [-0.2, 0) is 4.79 Å². The van der Waals surface area contributed by atoms with Gasteiger partial charge in [0.15, 0.2) is 0 Å². The van der Waals surface area contributed by atoms with Gasteiger partial charge >= 0.3 is 0 Å². The first-order chi connectivity index (χ1) is 13.2. The van der Waals surface area contributed by atoms with E-state index in [1.165, 1.54) is 0 Å². The van der Waals surface area contributed by atoms with E-state index in [4.69, 9.17) is 4.42 Å². The van der Waals surface area contributed by atoms with Crippen LogP contribution in [0.3, 0.4) is 0 Å². The van der Waals surface area contributed by atoms with E-state index in [1.807, 2.05) is 36.4 Å². The van der Waals surface area contributed by atoms with Crippen LogP contribution < -0.4 is 16.2 Å². The van der Waals surface area contributed by atoms with Crippen molar-refractivity contribution in [1.29, 1.82) is 0 Å². The Morgan fingerprint density at radius 1 is 1.33 bits per heavy atom. The number of nitrogens with zero attached hydrogens (tertiary/aromatic N) is 1. The van der Waals surface area contributed by atoms with Crippen LogP contribution in [0, 0.1) is 0 Å². The monoisotopic (exact) mass is 385 g/mol. The van der Waals surface area contributed by atoms with E-state index in [9.17, 15) is 4.79 Å². The smallest absolute Gasteiger partial charge is 0.239 e. The molecule has 7 nitrogen and oxygen atoms in total. The van der Waals surface area contributed by atoms with E-state index in [0.29, 0.717) is 6.42 Å². The summed E-state index contributed by atoms with van der Waals surface area (Å²) < 4.78 is 5.43. The predicted molar refractivity (Wildman–Crippen MR) is 106 cm³/mol. The molecule has 2 aromatic heterocycles. The maximum Gasteiger partial charge on any atom is 0.239 e. The Morgan fingerprint density at radius 3 is 3.00 bits per heavy atom. The lowest BCUT2D eigenvalue weighted by Gasteiger charge is -2.18. The Labute approximate surface area is 161 Å². The van der Waals surface area contributed by atoms with E-state index < -0.39 is 0 Å². The summed E-state index contributed by atoms with van der Waals surface area (Å²) in [6.45, 7) is 0. The Balaban J connectivity index is 1.45. The highest BCUT2D eigenvalue weighted by Crippen LogP contribution is 2.24. The van der Waals surface area contributed by atoms with Crippen LogP contribution in [0.15, 0.2) is 47.1 Å². The zero-order chi connectivity index (χ0) is 18.6. The van der Waals surface area contributed by atoms with Gasteiger partial charge < -0.3 is 14.7 Å². The number of H-pyrrole nitrogens is 1. The Hall–Kier alpha value is -2.29. The fourth-order valence-electron chi connectivity index (χ4n) is 3.33.